The molecule has 248 valence electrons. The van der Waals surface area contributed by atoms with Gasteiger partial charge in [-0.3, -0.25) is 19.2 Å². The highest BCUT2D eigenvalue weighted by atomic mass is 16.6. The van der Waals surface area contributed by atoms with Gasteiger partial charge >= 0.3 is 11.9 Å². The van der Waals surface area contributed by atoms with E-state index in [0.29, 0.717) is 17.8 Å². The van der Waals surface area contributed by atoms with Crippen molar-refractivity contribution in [2.75, 3.05) is 9.80 Å². The molecule has 6 aliphatic heterocycles. The third-order valence-corrected chi connectivity index (χ3v) is 9.90. The molecular formula is C37H30N2O10. The number of amides is 4. The summed E-state index contributed by atoms with van der Waals surface area (Å²) in [5.74, 6) is -5.21. The van der Waals surface area contributed by atoms with Crippen LogP contribution >= 0.6 is 0 Å². The summed E-state index contributed by atoms with van der Waals surface area (Å²) in [6.45, 7) is 10.2. The molecule has 0 spiro atoms. The predicted octanol–water partition coefficient (Wildman–Crippen LogP) is 3.06. The van der Waals surface area contributed by atoms with Gasteiger partial charge in [0.2, 0.25) is 23.6 Å². The average Bonchev–Trinajstić information content (AvgIpc) is 3.91. The van der Waals surface area contributed by atoms with Crippen LogP contribution in [0.15, 0.2) is 96.5 Å². The highest BCUT2D eigenvalue weighted by Gasteiger charge is 2.65. The second-order valence-corrected chi connectivity index (χ2v) is 13.2. The number of carbonyl (C=O) groups excluding carboxylic acids is 6. The summed E-state index contributed by atoms with van der Waals surface area (Å²) < 4.78 is 22.4. The molecule has 6 aliphatic rings. The molecule has 2 aromatic rings. The minimum Gasteiger partial charge on any atom is -0.425 e. The van der Waals surface area contributed by atoms with E-state index >= 15 is 0 Å². The number of benzene rings is 2. The maximum Gasteiger partial charge on any atom is 0.338 e. The molecule has 8 rings (SSSR count). The molecule has 4 saturated heterocycles. The number of carbonyl (C=O) groups is 6. The van der Waals surface area contributed by atoms with E-state index in [1.54, 1.807) is 36.4 Å². The van der Waals surface area contributed by atoms with Crippen LogP contribution in [0.2, 0.25) is 0 Å². The van der Waals surface area contributed by atoms with E-state index in [-0.39, 0.29) is 34.5 Å². The lowest BCUT2D eigenvalue weighted by atomic mass is 9.84. The number of esters is 2. The van der Waals surface area contributed by atoms with E-state index in [4.69, 9.17) is 18.9 Å². The average molecular weight is 663 g/mol. The van der Waals surface area contributed by atoms with Gasteiger partial charge in [0.1, 0.15) is 23.7 Å². The molecule has 8 atom stereocenters. The SMILES string of the molecule is C=C(C)C(=O)OC1=CC2OC1C1C(=O)N(c3ccc(Cc4ccc(N5C(=O)C6C7C=C(OC(=O)C(=C)C)C(O7)C6C5=O)cc4)cc3)C(=O)C21. The Kier molecular flexibility index (Phi) is 6.95. The highest BCUT2D eigenvalue weighted by Crippen LogP contribution is 2.50. The molecule has 8 unspecified atom stereocenters. The fourth-order valence-corrected chi connectivity index (χ4v) is 7.56. The normalized spacial score (nSPS) is 30.4. The lowest BCUT2D eigenvalue weighted by molar-refractivity contribution is -0.138. The molecular weight excluding hydrogens is 632 g/mol. The van der Waals surface area contributed by atoms with Crippen LogP contribution in [0.3, 0.4) is 0 Å². The molecule has 4 fully saturated rings. The van der Waals surface area contributed by atoms with Crippen molar-refractivity contribution in [2.45, 2.75) is 44.7 Å². The number of anilines is 2. The molecule has 6 heterocycles. The fraction of sp³-hybridized carbons (Fsp3) is 0.297. The predicted molar refractivity (Wildman–Crippen MR) is 170 cm³/mol. The third-order valence-electron chi connectivity index (χ3n) is 9.90. The summed E-state index contributed by atoms with van der Waals surface area (Å²) in [5.41, 5.74) is 3.12. The first kappa shape index (κ1) is 30.8. The number of nitrogens with zero attached hydrogens (tertiary/aromatic N) is 2. The summed E-state index contributed by atoms with van der Waals surface area (Å²) in [4.78, 5) is 80.1. The van der Waals surface area contributed by atoms with Crippen LogP contribution in [-0.4, -0.2) is 60.0 Å². The Morgan fingerprint density at radius 3 is 1.31 bits per heavy atom. The molecule has 2 aromatic carbocycles. The highest BCUT2D eigenvalue weighted by molar-refractivity contribution is 6.24. The van der Waals surface area contributed by atoms with Crippen molar-refractivity contribution in [2.24, 2.45) is 23.7 Å². The van der Waals surface area contributed by atoms with Crippen LogP contribution < -0.4 is 9.80 Å². The summed E-state index contributed by atoms with van der Waals surface area (Å²) in [5, 5.41) is 0. The van der Waals surface area contributed by atoms with E-state index in [0.717, 1.165) is 11.1 Å². The Labute approximate surface area is 280 Å². The molecule has 12 nitrogen and oxygen atoms in total. The Morgan fingerprint density at radius 2 is 0.959 bits per heavy atom. The molecule has 12 heteroatoms. The van der Waals surface area contributed by atoms with E-state index in [9.17, 15) is 28.8 Å². The Morgan fingerprint density at radius 1 is 0.612 bits per heavy atom. The van der Waals surface area contributed by atoms with Gasteiger partial charge in [-0.1, -0.05) is 37.4 Å². The van der Waals surface area contributed by atoms with Gasteiger partial charge < -0.3 is 18.9 Å². The Bertz CT molecular complexity index is 1830. The Hall–Kier alpha value is -5.46. The van der Waals surface area contributed by atoms with Crippen LogP contribution in [0.25, 0.3) is 0 Å². The number of fused-ring (bicyclic) bond motifs is 10. The van der Waals surface area contributed by atoms with Gasteiger partial charge in [-0.15, -0.1) is 0 Å². The van der Waals surface area contributed by atoms with E-state index < -0.39 is 71.8 Å². The van der Waals surface area contributed by atoms with Gasteiger partial charge in [0.25, 0.3) is 0 Å². The van der Waals surface area contributed by atoms with Crippen LogP contribution in [0, 0.1) is 23.7 Å². The number of hydrogen-bond acceptors (Lipinski definition) is 10. The second-order valence-electron chi connectivity index (χ2n) is 13.2. The van der Waals surface area contributed by atoms with E-state index in [1.165, 1.54) is 23.6 Å². The number of hydrogen-bond donors (Lipinski definition) is 0. The first-order valence-electron chi connectivity index (χ1n) is 15.9. The van der Waals surface area contributed by atoms with Gasteiger partial charge in [-0.2, -0.15) is 0 Å². The monoisotopic (exact) mass is 662 g/mol. The number of imide groups is 2. The van der Waals surface area contributed by atoms with Crippen molar-refractivity contribution in [1.82, 2.24) is 0 Å². The lowest BCUT2D eigenvalue weighted by Crippen LogP contribution is -2.35. The first-order valence-corrected chi connectivity index (χ1v) is 15.9. The zero-order chi connectivity index (χ0) is 34.5. The maximum atomic E-state index is 13.5. The standard InChI is InChI=1S/C37H30N2O10/c1-16(2)36(44)48-24-14-22-26-28(30(24)46-22)34(42)38(32(26)40)20-9-5-18(6-10-20)13-19-7-11-21(12-8-19)39-33(41)27-23-15-25(49-37(45)17(3)4)31(47-23)29(27)35(39)43/h5-12,14-15,22-23,26-31H,1,3,13H2,2,4H3. The van der Waals surface area contributed by atoms with Crippen LogP contribution in [0.5, 0.6) is 0 Å². The topological polar surface area (TPSA) is 146 Å². The van der Waals surface area contributed by atoms with Gasteiger partial charge in [-0.25, -0.2) is 19.4 Å². The zero-order valence-corrected chi connectivity index (χ0v) is 26.5. The minimum atomic E-state index is -0.809. The fourth-order valence-electron chi connectivity index (χ4n) is 7.56. The molecule has 0 saturated carbocycles. The molecule has 0 radical (unpaired) electrons. The summed E-state index contributed by atoms with van der Waals surface area (Å²) in [7, 11) is 0. The number of rotatable bonds is 8. The smallest absolute Gasteiger partial charge is 0.338 e. The molecule has 0 aliphatic carbocycles. The van der Waals surface area contributed by atoms with Crippen molar-refractivity contribution in [1.29, 1.82) is 0 Å². The molecule has 4 amide bonds. The van der Waals surface area contributed by atoms with Gasteiger partial charge in [-0.05, 0) is 67.8 Å². The first-order chi connectivity index (χ1) is 23.4. The van der Waals surface area contributed by atoms with Gasteiger partial charge in [0.15, 0.2) is 0 Å². The Balaban J connectivity index is 0.920. The maximum absolute atomic E-state index is 13.5. The van der Waals surface area contributed by atoms with E-state index in [2.05, 4.69) is 13.2 Å². The zero-order valence-electron chi connectivity index (χ0n) is 26.5. The van der Waals surface area contributed by atoms with Crippen molar-refractivity contribution in [3.8, 4) is 0 Å². The quantitative estimate of drug-likeness (QED) is 0.235. The van der Waals surface area contributed by atoms with E-state index in [1.807, 2.05) is 24.3 Å². The van der Waals surface area contributed by atoms with Crippen LogP contribution in [0.1, 0.15) is 25.0 Å². The molecule has 0 aromatic heterocycles. The van der Waals surface area contributed by atoms with Crippen LogP contribution in [-0.2, 0) is 54.1 Å². The molecule has 4 bridgehead atoms. The minimum absolute atomic E-state index is 0.213. The third kappa shape index (κ3) is 4.66. The van der Waals surface area contributed by atoms with Crippen molar-refractivity contribution in [3.05, 3.63) is 108 Å². The summed E-state index contributed by atoms with van der Waals surface area (Å²) in [6.07, 6.45) is 0.773. The summed E-state index contributed by atoms with van der Waals surface area (Å²) in [6, 6.07) is 14.2. The van der Waals surface area contributed by atoms with Crippen molar-refractivity contribution >= 4 is 46.9 Å². The van der Waals surface area contributed by atoms with Gasteiger partial charge in [0, 0.05) is 11.1 Å². The summed E-state index contributed by atoms with van der Waals surface area (Å²) >= 11 is 0. The van der Waals surface area contributed by atoms with Crippen molar-refractivity contribution < 1.29 is 47.7 Å². The molecule has 49 heavy (non-hydrogen) atoms. The second kappa shape index (κ2) is 11.0. The molecule has 0 N–H and O–H groups in total. The van der Waals surface area contributed by atoms with Crippen LogP contribution in [0.4, 0.5) is 11.4 Å². The van der Waals surface area contributed by atoms with Gasteiger partial charge in [0.05, 0.1) is 47.3 Å². The number of ether oxygens (including phenoxy) is 4. The largest absolute Gasteiger partial charge is 0.425 e. The van der Waals surface area contributed by atoms with Crippen molar-refractivity contribution in [3.63, 3.8) is 0 Å². The lowest BCUT2D eigenvalue weighted by Gasteiger charge is -2.19.